The second-order valence-corrected chi connectivity index (χ2v) is 5.96. The Hall–Kier alpha value is 0.270. The largest absolute Gasteiger partial charge is 0.379 e. The van der Waals surface area contributed by atoms with E-state index in [4.69, 9.17) is 4.74 Å². The summed E-state index contributed by atoms with van der Waals surface area (Å²) >= 11 is 2.11. The van der Waals surface area contributed by atoms with Gasteiger partial charge in [0.15, 0.2) is 0 Å². The first-order chi connectivity index (χ1) is 6.64. The number of thioether (sulfide) groups is 1. The minimum absolute atomic E-state index is 0.0236. The lowest BCUT2D eigenvalue weighted by atomic mass is 10.1. The Morgan fingerprint density at radius 3 is 2.86 bits per heavy atom. The van der Waals surface area contributed by atoms with Gasteiger partial charge in [0.2, 0.25) is 0 Å². The van der Waals surface area contributed by atoms with Crippen molar-refractivity contribution in [3.05, 3.63) is 0 Å². The zero-order chi connectivity index (χ0) is 10.4. The fourth-order valence-electron chi connectivity index (χ4n) is 1.56. The number of hydrogen-bond donors (Lipinski definition) is 1. The van der Waals surface area contributed by atoms with Crippen molar-refractivity contribution in [2.45, 2.75) is 44.0 Å². The van der Waals surface area contributed by atoms with E-state index in [1.165, 1.54) is 25.1 Å². The Labute approximate surface area is 92.2 Å². The van der Waals surface area contributed by atoms with Crippen LogP contribution in [0.1, 0.15) is 33.1 Å². The summed E-state index contributed by atoms with van der Waals surface area (Å²) in [4.78, 5) is 0. The summed E-state index contributed by atoms with van der Waals surface area (Å²) in [7, 11) is 1.78. The summed E-state index contributed by atoms with van der Waals surface area (Å²) in [5, 5.41) is 4.38. The van der Waals surface area contributed by atoms with E-state index in [0.717, 1.165) is 18.2 Å². The summed E-state index contributed by atoms with van der Waals surface area (Å²) in [6.07, 6.45) is 3.88. The molecule has 2 nitrogen and oxygen atoms in total. The molecule has 1 heterocycles. The van der Waals surface area contributed by atoms with E-state index in [0.29, 0.717) is 0 Å². The fraction of sp³-hybridized carbons (Fsp3) is 1.00. The van der Waals surface area contributed by atoms with E-state index in [1.807, 2.05) is 0 Å². The number of ether oxygens (including phenoxy) is 1. The molecule has 1 aliphatic rings. The summed E-state index contributed by atoms with van der Waals surface area (Å²) in [5.74, 6) is 1.36. The van der Waals surface area contributed by atoms with Crippen LogP contribution in [0.25, 0.3) is 0 Å². The molecule has 1 fully saturated rings. The highest BCUT2D eigenvalue weighted by molar-refractivity contribution is 8.00. The van der Waals surface area contributed by atoms with Gasteiger partial charge in [-0.3, -0.25) is 0 Å². The highest BCUT2D eigenvalue weighted by Crippen LogP contribution is 2.25. The van der Waals surface area contributed by atoms with Crippen molar-refractivity contribution in [2.75, 3.05) is 26.0 Å². The van der Waals surface area contributed by atoms with Crippen LogP contribution in [-0.4, -0.2) is 36.8 Å². The minimum Gasteiger partial charge on any atom is -0.379 e. The molecular formula is C11H23NOS. The summed E-state index contributed by atoms with van der Waals surface area (Å²) in [6, 6.07) is 0. The predicted molar refractivity (Wildman–Crippen MR) is 64.1 cm³/mol. The first-order valence-corrected chi connectivity index (χ1v) is 6.56. The van der Waals surface area contributed by atoms with E-state index < -0.39 is 0 Å². The van der Waals surface area contributed by atoms with Crippen LogP contribution < -0.4 is 5.32 Å². The molecule has 1 unspecified atom stereocenters. The number of hydrogen-bond acceptors (Lipinski definition) is 3. The van der Waals surface area contributed by atoms with E-state index in [-0.39, 0.29) is 5.60 Å². The molecular weight excluding hydrogens is 194 g/mol. The van der Waals surface area contributed by atoms with Gasteiger partial charge < -0.3 is 10.1 Å². The van der Waals surface area contributed by atoms with Crippen molar-refractivity contribution >= 4 is 11.8 Å². The first-order valence-electron chi connectivity index (χ1n) is 5.51. The van der Waals surface area contributed by atoms with E-state index in [1.54, 1.807) is 7.11 Å². The Morgan fingerprint density at radius 2 is 2.29 bits per heavy atom. The van der Waals surface area contributed by atoms with Gasteiger partial charge >= 0.3 is 0 Å². The van der Waals surface area contributed by atoms with Gasteiger partial charge in [-0.15, -0.1) is 0 Å². The first kappa shape index (κ1) is 12.3. The Kier molecular flexibility index (Phi) is 5.28. The van der Waals surface area contributed by atoms with Crippen molar-refractivity contribution in [3.8, 4) is 0 Å². The third-order valence-corrected chi connectivity index (χ3v) is 4.25. The van der Waals surface area contributed by atoms with Gasteiger partial charge in [-0.25, -0.2) is 0 Å². The van der Waals surface area contributed by atoms with Gasteiger partial charge in [0, 0.05) is 18.9 Å². The van der Waals surface area contributed by atoms with Crippen molar-refractivity contribution in [3.63, 3.8) is 0 Å². The van der Waals surface area contributed by atoms with Crippen molar-refractivity contribution in [1.82, 2.24) is 5.32 Å². The van der Waals surface area contributed by atoms with Crippen LogP contribution in [0.4, 0.5) is 0 Å². The number of rotatable bonds is 6. The monoisotopic (exact) mass is 217 g/mol. The topological polar surface area (TPSA) is 21.3 Å². The van der Waals surface area contributed by atoms with Gasteiger partial charge in [0.1, 0.15) is 0 Å². The van der Waals surface area contributed by atoms with Gasteiger partial charge in [0.05, 0.1) is 5.60 Å². The molecule has 0 radical (unpaired) electrons. The van der Waals surface area contributed by atoms with Crippen LogP contribution in [0.5, 0.6) is 0 Å². The Morgan fingerprint density at radius 1 is 1.50 bits per heavy atom. The van der Waals surface area contributed by atoms with E-state index in [9.17, 15) is 0 Å². The van der Waals surface area contributed by atoms with Crippen LogP contribution in [0, 0.1) is 0 Å². The highest BCUT2D eigenvalue weighted by Gasteiger charge is 2.17. The Balaban J connectivity index is 1.98. The van der Waals surface area contributed by atoms with Crippen LogP contribution in [0.15, 0.2) is 0 Å². The molecule has 0 saturated carbocycles. The lowest BCUT2D eigenvalue weighted by molar-refractivity contribution is 0.0159. The molecule has 1 rings (SSSR count). The number of nitrogens with one attached hydrogen (secondary N) is 1. The maximum Gasteiger partial charge on any atom is 0.0634 e. The van der Waals surface area contributed by atoms with Gasteiger partial charge in [-0.05, 0) is 45.4 Å². The zero-order valence-corrected chi connectivity index (χ0v) is 10.5. The van der Waals surface area contributed by atoms with Crippen LogP contribution in [0.3, 0.4) is 0 Å². The van der Waals surface area contributed by atoms with Gasteiger partial charge in [-0.1, -0.05) is 0 Å². The van der Waals surface area contributed by atoms with Crippen molar-refractivity contribution in [1.29, 1.82) is 0 Å². The molecule has 14 heavy (non-hydrogen) atoms. The van der Waals surface area contributed by atoms with Crippen LogP contribution in [-0.2, 0) is 4.74 Å². The average Bonchev–Trinajstić information content (AvgIpc) is 2.65. The molecule has 0 aromatic rings. The van der Waals surface area contributed by atoms with E-state index in [2.05, 4.69) is 30.9 Å². The smallest absolute Gasteiger partial charge is 0.0634 e. The quantitative estimate of drug-likeness (QED) is 0.690. The van der Waals surface area contributed by atoms with Crippen molar-refractivity contribution < 1.29 is 4.74 Å². The Bertz CT molecular complexity index is 155. The molecule has 0 amide bonds. The third kappa shape index (κ3) is 4.67. The standard InChI is InChI=1S/C11H23NOS/c1-11(2,13-3)6-7-12-9-10-5-4-8-14-10/h10,12H,4-9H2,1-3H3. The lowest BCUT2D eigenvalue weighted by Crippen LogP contribution is -2.31. The molecule has 1 N–H and O–H groups in total. The normalized spacial score (nSPS) is 22.9. The fourth-order valence-corrected chi connectivity index (χ4v) is 2.80. The van der Waals surface area contributed by atoms with Gasteiger partial charge in [0.25, 0.3) is 0 Å². The van der Waals surface area contributed by atoms with Gasteiger partial charge in [-0.2, -0.15) is 11.8 Å². The van der Waals surface area contributed by atoms with Crippen LogP contribution in [0.2, 0.25) is 0 Å². The molecule has 3 heteroatoms. The minimum atomic E-state index is 0.0236. The SMILES string of the molecule is COC(C)(C)CCNCC1CCCS1. The summed E-state index contributed by atoms with van der Waals surface area (Å²) in [6.45, 7) is 6.51. The maximum atomic E-state index is 5.36. The molecule has 0 aromatic carbocycles. The molecule has 0 aromatic heterocycles. The maximum absolute atomic E-state index is 5.36. The zero-order valence-electron chi connectivity index (χ0n) is 9.64. The summed E-state index contributed by atoms with van der Waals surface area (Å²) < 4.78 is 5.36. The third-order valence-electron chi connectivity index (χ3n) is 2.85. The highest BCUT2D eigenvalue weighted by atomic mass is 32.2. The second kappa shape index (κ2) is 5.99. The molecule has 1 aliphatic heterocycles. The molecule has 1 atom stereocenters. The number of methoxy groups -OCH3 is 1. The van der Waals surface area contributed by atoms with Crippen LogP contribution >= 0.6 is 11.8 Å². The second-order valence-electron chi connectivity index (χ2n) is 4.55. The average molecular weight is 217 g/mol. The molecule has 84 valence electrons. The lowest BCUT2D eigenvalue weighted by Gasteiger charge is -2.23. The predicted octanol–water partition coefficient (Wildman–Crippen LogP) is 2.29. The molecule has 0 spiro atoms. The molecule has 0 bridgehead atoms. The molecule has 1 saturated heterocycles. The molecule has 0 aliphatic carbocycles. The van der Waals surface area contributed by atoms with E-state index >= 15 is 0 Å². The van der Waals surface area contributed by atoms with Crippen molar-refractivity contribution in [2.24, 2.45) is 0 Å². The summed E-state index contributed by atoms with van der Waals surface area (Å²) in [5.41, 5.74) is 0.0236.